The van der Waals surface area contributed by atoms with Crippen LogP contribution in [0.3, 0.4) is 0 Å². The van der Waals surface area contributed by atoms with E-state index in [-0.39, 0.29) is 55.7 Å². The van der Waals surface area contributed by atoms with Crippen LogP contribution in [0.2, 0.25) is 0 Å². The first kappa shape index (κ1) is 52.4. The number of amides is 6. The number of nitrogens with zero attached hydrogens (tertiary/aromatic N) is 1. The first-order valence-corrected chi connectivity index (χ1v) is 25.6. The number of alkyl halides is 1. The number of methoxy groups -OCH3 is 3. The van der Waals surface area contributed by atoms with Gasteiger partial charge in [-0.3, -0.25) is 14.4 Å². The van der Waals surface area contributed by atoms with Gasteiger partial charge in [0.15, 0.2) is 11.5 Å². The number of hydrogen-bond acceptors (Lipinski definition) is 10. The van der Waals surface area contributed by atoms with Crippen molar-refractivity contribution in [2.45, 2.75) is 57.2 Å². The Kier molecular flexibility index (Phi) is 15.9. The minimum absolute atomic E-state index is 0.0640. The summed E-state index contributed by atoms with van der Waals surface area (Å²) in [4.78, 5) is 72.1. The second kappa shape index (κ2) is 23.0. The SMILES string of the molecule is COc1cc2cc(C(=O)N3C[C@@H](CCl)c4c3cc(OCc3ccc(NC(=O)[C@H](CCCNC(N)=O)NC(=O)[C@@H](NC(=O)OCC5c6ccccc6-c6ccccc65)C(C)C)cc3)c3ccccc43)[nH]c2c(OC)c1OC. The van der Waals surface area contributed by atoms with E-state index in [1.807, 2.05) is 91.0 Å². The Morgan fingerprint density at radius 3 is 2.09 bits per heavy atom. The minimum Gasteiger partial charge on any atom is -0.493 e. The largest absolute Gasteiger partial charge is 0.493 e. The van der Waals surface area contributed by atoms with Crippen LogP contribution in [-0.2, 0) is 20.9 Å². The van der Waals surface area contributed by atoms with E-state index in [4.69, 9.17) is 41.0 Å². The number of benzene rings is 6. The van der Waals surface area contributed by atoms with Gasteiger partial charge in [0.1, 0.15) is 36.7 Å². The maximum absolute atomic E-state index is 14.5. The number of aromatic amines is 1. The molecule has 0 spiro atoms. The van der Waals surface area contributed by atoms with Gasteiger partial charge in [-0.1, -0.05) is 98.8 Å². The van der Waals surface area contributed by atoms with Gasteiger partial charge in [0.05, 0.1) is 32.5 Å². The Hall–Kier alpha value is -8.44. The fourth-order valence-corrected chi connectivity index (χ4v) is 10.5. The van der Waals surface area contributed by atoms with Gasteiger partial charge in [-0.25, -0.2) is 9.59 Å². The predicted octanol–water partition coefficient (Wildman–Crippen LogP) is 9.34. The number of urea groups is 1. The summed E-state index contributed by atoms with van der Waals surface area (Å²) in [6.07, 6.45) is -0.313. The zero-order valence-electron chi connectivity index (χ0n) is 42.8. The Morgan fingerprint density at radius 2 is 1.45 bits per heavy atom. The van der Waals surface area contributed by atoms with E-state index in [9.17, 15) is 24.0 Å². The number of H-pyrrole nitrogens is 1. The maximum atomic E-state index is 14.5. The standard InChI is InChI=1S/C58H60ClN7O10/c1-32(2)50(65-58(71)76-31-43-39-15-8-6-13-37(39)38-14-7-9-16-40(38)43)55(68)64-44(19-12-24-61-57(60)70)54(67)62-36-22-20-33(21-23-36)30-75-47-27-46-49(42-18-11-10-17-41(42)47)35(28-59)29-66(46)56(69)45-25-34-26-48(72-3)52(73-4)53(74-5)51(34)63-45/h6-11,13-18,20-23,25-27,32,35,43-44,50,63H,12,19,24,28-31H2,1-5H3,(H,62,67)(H,64,68)(H,65,71)(H3,60,61,70)/t35-,44+,50+/m1/s1. The number of ether oxygens (including phenoxy) is 5. The topological polar surface area (TPSA) is 225 Å². The molecule has 394 valence electrons. The van der Waals surface area contributed by atoms with Crippen molar-refractivity contribution in [3.8, 4) is 34.1 Å². The highest BCUT2D eigenvalue weighted by Gasteiger charge is 2.37. The molecular formula is C58H60ClN7O10. The lowest BCUT2D eigenvalue weighted by Crippen LogP contribution is -2.54. The number of aromatic nitrogens is 1. The maximum Gasteiger partial charge on any atom is 0.407 e. The molecular weight excluding hydrogens is 990 g/mol. The minimum atomic E-state index is -1.06. The van der Waals surface area contributed by atoms with Gasteiger partial charge >= 0.3 is 12.1 Å². The molecule has 1 aromatic heterocycles. The second-order valence-corrected chi connectivity index (χ2v) is 19.4. The Bertz CT molecular complexity index is 3280. The Balaban J connectivity index is 0.871. The number of nitrogens with two attached hydrogens (primary N) is 1. The predicted molar refractivity (Wildman–Crippen MR) is 292 cm³/mol. The van der Waals surface area contributed by atoms with E-state index >= 15 is 0 Å². The highest BCUT2D eigenvalue weighted by molar-refractivity contribution is 6.19. The molecule has 18 heteroatoms. The van der Waals surface area contributed by atoms with Crippen molar-refractivity contribution in [3.05, 3.63) is 143 Å². The van der Waals surface area contributed by atoms with Crippen molar-refractivity contribution in [2.24, 2.45) is 11.7 Å². The van der Waals surface area contributed by atoms with Crippen LogP contribution in [0.1, 0.15) is 71.3 Å². The van der Waals surface area contributed by atoms with Gasteiger partial charge in [-0.2, -0.15) is 0 Å². The van der Waals surface area contributed by atoms with Gasteiger partial charge in [-0.05, 0) is 81.8 Å². The zero-order valence-corrected chi connectivity index (χ0v) is 43.5. The van der Waals surface area contributed by atoms with Crippen molar-refractivity contribution in [3.63, 3.8) is 0 Å². The van der Waals surface area contributed by atoms with Gasteiger partial charge in [0, 0.05) is 53.3 Å². The molecule has 3 atom stereocenters. The summed E-state index contributed by atoms with van der Waals surface area (Å²) in [5.41, 5.74) is 13.4. The molecule has 0 saturated heterocycles. The highest BCUT2D eigenvalue weighted by Crippen LogP contribution is 2.48. The zero-order chi connectivity index (χ0) is 53.6. The fraction of sp³-hybridized carbons (Fsp3) is 0.293. The number of alkyl carbamates (subject to hydrolysis) is 1. The molecule has 7 aromatic rings. The highest BCUT2D eigenvalue weighted by atomic mass is 35.5. The van der Waals surface area contributed by atoms with Crippen molar-refractivity contribution < 1.29 is 47.7 Å². The lowest BCUT2D eigenvalue weighted by atomic mass is 9.95. The lowest BCUT2D eigenvalue weighted by Gasteiger charge is -2.25. The van der Waals surface area contributed by atoms with Crippen LogP contribution in [0.25, 0.3) is 32.8 Å². The molecule has 6 amide bonds. The van der Waals surface area contributed by atoms with Crippen LogP contribution in [0.15, 0.2) is 115 Å². The third kappa shape index (κ3) is 10.7. The number of carbonyl (C=O) groups is 5. The number of hydrogen-bond donors (Lipinski definition) is 6. The van der Waals surface area contributed by atoms with Crippen LogP contribution in [0.5, 0.6) is 23.0 Å². The summed E-state index contributed by atoms with van der Waals surface area (Å²) in [6, 6.07) is 33.6. The van der Waals surface area contributed by atoms with Gasteiger partial charge in [-0.15, -0.1) is 11.6 Å². The molecule has 7 N–H and O–H groups in total. The molecule has 0 radical (unpaired) electrons. The fourth-order valence-electron chi connectivity index (χ4n) is 10.3. The van der Waals surface area contributed by atoms with E-state index in [1.54, 1.807) is 43.0 Å². The molecule has 2 aliphatic rings. The number of halogens is 1. The lowest BCUT2D eigenvalue weighted by molar-refractivity contribution is -0.128. The first-order valence-electron chi connectivity index (χ1n) is 25.0. The number of fused-ring (bicyclic) bond motifs is 7. The third-order valence-electron chi connectivity index (χ3n) is 14.0. The van der Waals surface area contributed by atoms with Crippen molar-refractivity contribution in [2.75, 3.05) is 57.1 Å². The summed E-state index contributed by atoms with van der Waals surface area (Å²) in [6.45, 7) is 4.30. The molecule has 0 bridgehead atoms. The number of primary amides is 1. The van der Waals surface area contributed by atoms with Crippen LogP contribution in [0.4, 0.5) is 21.0 Å². The second-order valence-electron chi connectivity index (χ2n) is 19.1. The smallest absolute Gasteiger partial charge is 0.407 e. The van der Waals surface area contributed by atoms with Gasteiger partial charge in [0.2, 0.25) is 17.6 Å². The van der Waals surface area contributed by atoms with Crippen LogP contribution in [-0.4, -0.2) is 93.8 Å². The summed E-state index contributed by atoms with van der Waals surface area (Å²) in [5.74, 6) is 0.0723. The molecule has 1 aliphatic carbocycles. The number of carbonyl (C=O) groups excluding carboxylic acids is 5. The summed E-state index contributed by atoms with van der Waals surface area (Å²) in [5, 5.41) is 13.5. The summed E-state index contributed by atoms with van der Waals surface area (Å²) in [7, 11) is 4.59. The van der Waals surface area contributed by atoms with E-state index in [2.05, 4.69) is 26.3 Å². The molecule has 17 nitrogen and oxygen atoms in total. The normalized spacial score (nSPS) is 14.3. The molecule has 0 fully saturated rings. The Morgan fingerprint density at radius 1 is 0.776 bits per heavy atom. The molecule has 1 aliphatic heterocycles. The number of nitrogens with one attached hydrogen (secondary N) is 5. The summed E-state index contributed by atoms with van der Waals surface area (Å²) < 4.78 is 29.1. The van der Waals surface area contributed by atoms with Crippen molar-refractivity contribution in [1.82, 2.24) is 20.9 Å². The quantitative estimate of drug-likeness (QED) is 0.0313. The number of anilines is 2. The number of rotatable bonds is 20. The Labute approximate surface area is 444 Å². The van der Waals surface area contributed by atoms with E-state index < -0.39 is 36.0 Å². The summed E-state index contributed by atoms with van der Waals surface area (Å²) >= 11 is 6.61. The molecule has 0 saturated carbocycles. The first-order chi connectivity index (χ1) is 36.8. The molecule has 76 heavy (non-hydrogen) atoms. The molecule has 6 aromatic carbocycles. The van der Waals surface area contributed by atoms with Crippen LogP contribution >= 0.6 is 11.6 Å². The third-order valence-corrected chi connectivity index (χ3v) is 14.4. The molecule has 0 unspecified atom stereocenters. The van der Waals surface area contributed by atoms with Crippen LogP contribution < -0.4 is 50.8 Å². The van der Waals surface area contributed by atoms with Crippen molar-refractivity contribution in [1.29, 1.82) is 0 Å². The van der Waals surface area contributed by atoms with Gasteiger partial charge in [0.25, 0.3) is 5.91 Å². The van der Waals surface area contributed by atoms with E-state index in [0.29, 0.717) is 63.9 Å². The van der Waals surface area contributed by atoms with E-state index in [1.165, 1.54) is 21.3 Å². The van der Waals surface area contributed by atoms with Crippen LogP contribution in [0, 0.1) is 5.92 Å². The van der Waals surface area contributed by atoms with E-state index in [0.717, 1.165) is 44.2 Å². The van der Waals surface area contributed by atoms with Crippen molar-refractivity contribution >= 4 is 74.5 Å². The monoisotopic (exact) mass is 1050 g/mol. The molecule has 2 heterocycles. The van der Waals surface area contributed by atoms with Gasteiger partial charge < -0.3 is 60.6 Å². The average molecular weight is 1050 g/mol. The molecule has 9 rings (SSSR count). The average Bonchev–Trinajstić information content (AvgIpc) is 4.14.